The third-order valence-corrected chi connectivity index (χ3v) is 19.9. The molecule has 4 aliphatic rings. The number of aliphatic imine (C=N–C) groups is 1. The van der Waals surface area contributed by atoms with Crippen molar-refractivity contribution in [3.05, 3.63) is 102 Å². The number of nitrogens with zero attached hydrogens (tertiary/aromatic N) is 3. The van der Waals surface area contributed by atoms with Crippen LogP contribution in [0.15, 0.2) is 95.1 Å². The number of hydrogen-bond donors (Lipinski definition) is 12. The van der Waals surface area contributed by atoms with Gasteiger partial charge in [-0.15, -0.1) is 0 Å². The number of carbonyl (C=O) groups is 7. The number of fused-ring (bicyclic) bond motifs is 6. The summed E-state index contributed by atoms with van der Waals surface area (Å²) >= 11 is 0. The maximum Gasteiger partial charge on any atom is 0.407 e. The van der Waals surface area contributed by atoms with Gasteiger partial charge in [-0.05, 0) is 128 Å². The molecule has 15 N–H and O–H groups in total. The van der Waals surface area contributed by atoms with Crippen molar-refractivity contribution in [2.75, 3.05) is 26.2 Å². The zero-order valence-electron chi connectivity index (χ0n) is 53.1. The van der Waals surface area contributed by atoms with E-state index in [-0.39, 0.29) is 62.7 Å². The highest BCUT2D eigenvalue weighted by Crippen LogP contribution is 2.67. The van der Waals surface area contributed by atoms with Crippen molar-refractivity contribution in [2.24, 2.45) is 73.6 Å². The lowest BCUT2D eigenvalue weighted by Crippen LogP contribution is -2.59. The van der Waals surface area contributed by atoms with Gasteiger partial charge in [0, 0.05) is 74.3 Å². The Morgan fingerprint density at radius 3 is 2.21 bits per heavy atom. The van der Waals surface area contributed by atoms with Crippen LogP contribution in [0.3, 0.4) is 0 Å². The number of rotatable bonds is 32. The van der Waals surface area contributed by atoms with E-state index in [0.717, 1.165) is 78.0 Å². The molecule has 0 spiro atoms. The fourth-order valence-corrected chi connectivity index (χ4v) is 15.2. The fraction of sp³-hybridized carbons (Fsp3) is 0.582. The minimum atomic E-state index is -1.29. The molecule has 23 nitrogen and oxygen atoms in total. The predicted octanol–water partition coefficient (Wildman–Crippen LogP) is 5.61. The molecule has 90 heavy (non-hydrogen) atoms. The van der Waals surface area contributed by atoms with Gasteiger partial charge in [0.2, 0.25) is 29.5 Å². The van der Waals surface area contributed by atoms with Gasteiger partial charge in [0.25, 0.3) is 5.91 Å². The molecule has 4 aliphatic carbocycles. The van der Waals surface area contributed by atoms with Crippen molar-refractivity contribution in [1.29, 1.82) is 0 Å². The lowest BCUT2D eigenvalue weighted by atomic mass is 9.47. The largest absolute Gasteiger partial charge is 0.446 e. The first-order chi connectivity index (χ1) is 43.2. The van der Waals surface area contributed by atoms with E-state index < -0.39 is 72.2 Å². The summed E-state index contributed by atoms with van der Waals surface area (Å²) in [7, 11) is 0. The number of aromatic amines is 2. The number of benzene rings is 2. The lowest BCUT2D eigenvalue weighted by Gasteiger charge is -2.58. The number of nitrogens with two attached hydrogens (primary N) is 3. The van der Waals surface area contributed by atoms with Crippen LogP contribution in [0.2, 0.25) is 0 Å². The summed E-state index contributed by atoms with van der Waals surface area (Å²) < 4.78 is 5.98. The maximum atomic E-state index is 14.4. The molecule has 2 aromatic heterocycles. The highest BCUT2D eigenvalue weighted by molar-refractivity contribution is 6.26. The van der Waals surface area contributed by atoms with Crippen LogP contribution in [0.4, 0.5) is 4.79 Å². The van der Waals surface area contributed by atoms with Crippen LogP contribution in [-0.2, 0) is 52.8 Å². The van der Waals surface area contributed by atoms with Crippen LogP contribution in [0.5, 0.6) is 0 Å². The van der Waals surface area contributed by atoms with Crippen LogP contribution >= 0.6 is 0 Å². The molecule has 3 saturated carbocycles. The number of alkyl carbamates (subject to hydrolysis) is 1. The molecule has 0 unspecified atom stereocenters. The average Bonchev–Trinajstić information content (AvgIpc) is 1.30. The van der Waals surface area contributed by atoms with E-state index in [1.165, 1.54) is 63.0 Å². The summed E-state index contributed by atoms with van der Waals surface area (Å²) in [5.41, 5.74) is 24.3. The van der Waals surface area contributed by atoms with E-state index in [1.807, 2.05) is 24.3 Å². The van der Waals surface area contributed by atoms with Crippen molar-refractivity contribution < 1.29 is 38.3 Å². The van der Waals surface area contributed by atoms with Gasteiger partial charge in [-0.1, -0.05) is 114 Å². The summed E-state index contributed by atoms with van der Waals surface area (Å²) in [5, 5.41) is 21.3. The number of primary amides is 1. The normalized spacial score (nSPS) is 23.5. The predicted molar refractivity (Wildman–Crippen MR) is 347 cm³/mol. The summed E-state index contributed by atoms with van der Waals surface area (Å²) in [5.74, 6) is 0.265. The van der Waals surface area contributed by atoms with E-state index in [0.29, 0.717) is 35.6 Å². The number of H-pyrrole nitrogens is 2. The summed E-state index contributed by atoms with van der Waals surface area (Å²) in [6, 6.07) is 11.4. The van der Waals surface area contributed by atoms with Gasteiger partial charge in [0.05, 0.1) is 6.33 Å². The van der Waals surface area contributed by atoms with Crippen molar-refractivity contribution >= 4 is 64.6 Å². The van der Waals surface area contributed by atoms with Gasteiger partial charge in [-0.2, -0.15) is 5.10 Å². The van der Waals surface area contributed by atoms with Gasteiger partial charge < -0.3 is 69.2 Å². The number of imidazole rings is 1. The van der Waals surface area contributed by atoms with Gasteiger partial charge in [0.15, 0.2) is 5.96 Å². The second-order valence-corrected chi connectivity index (χ2v) is 26.4. The molecule has 12 atom stereocenters. The molecule has 2 aromatic carbocycles. The van der Waals surface area contributed by atoms with E-state index in [2.05, 4.69) is 103 Å². The Labute approximate surface area is 528 Å². The molecule has 2 heterocycles. The Morgan fingerprint density at radius 1 is 0.744 bits per heavy atom. The zero-order valence-corrected chi connectivity index (χ0v) is 53.1. The Kier molecular flexibility index (Phi) is 24.0. The van der Waals surface area contributed by atoms with Crippen molar-refractivity contribution in [3.63, 3.8) is 0 Å². The third kappa shape index (κ3) is 18.2. The number of guanidine groups is 1. The first-order valence-electron chi connectivity index (χ1n) is 32.5. The van der Waals surface area contributed by atoms with Crippen molar-refractivity contribution in [3.8, 4) is 0 Å². The molecule has 8 rings (SSSR count). The fourth-order valence-electron chi connectivity index (χ4n) is 15.2. The third-order valence-electron chi connectivity index (χ3n) is 19.9. The number of ether oxygens (including phenoxy) is 1. The number of para-hydroxylation sites is 1. The zero-order chi connectivity index (χ0) is 64.4. The van der Waals surface area contributed by atoms with Crippen LogP contribution < -0.4 is 54.5 Å². The monoisotopic (exact) mass is 1240 g/mol. The number of carbonyl (C=O) groups excluding carboxylic acids is 7. The Bertz CT molecular complexity index is 3160. The Balaban J connectivity index is 0.783. The number of hydrogen-bond acceptors (Lipinski definition) is 12. The SMILES string of the molecule is CC(C)CCC[C@@H](C)[C@H]1CC[C@H]2[C@@H]3CC=C4C[C@@H](OC(=O)NCCCNC(=O)/C=N/NCC(=O)N[C@@H](Cc5cnc[nH]5)C(=O)N[C@H](Cc5ccccc5)C(=O)N[C@@H](CCCN=C(N)N)C(=O)N[C@@H](Cc5c[nH]c6ccccc56)C(N)=O)CC[C@]4(C)[C@H]3CC[C@]12C. The Hall–Kier alpha value is -8.24. The van der Waals surface area contributed by atoms with Crippen LogP contribution in [0.25, 0.3) is 10.9 Å². The first kappa shape index (κ1) is 67.7. The summed E-state index contributed by atoms with van der Waals surface area (Å²) in [4.78, 5) is 109. The van der Waals surface area contributed by atoms with Gasteiger partial charge >= 0.3 is 6.09 Å². The van der Waals surface area contributed by atoms with E-state index >= 15 is 0 Å². The van der Waals surface area contributed by atoms with E-state index in [4.69, 9.17) is 21.9 Å². The second kappa shape index (κ2) is 32.0. The highest BCUT2D eigenvalue weighted by atomic mass is 16.6. The molecule has 7 amide bonds. The molecular formula is C67H97N15O8. The number of allylic oxidation sites excluding steroid dienone is 1. The minimum absolute atomic E-state index is 0.0181. The molecule has 488 valence electrons. The first-order valence-corrected chi connectivity index (χ1v) is 32.5. The second-order valence-electron chi connectivity index (χ2n) is 26.4. The molecule has 0 radical (unpaired) electrons. The van der Waals surface area contributed by atoms with Gasteiger partial charge in [-0.25, -0.2) is 9.78 Å². The lowest BCUT2D eigenvalue weighted by molar-refractivity contribution is -0.134. The molecule has 4 aromatic rings. The van der Waals surface area contributed by atoms with Crippen LogP contribution in [-0.4, -0.2) is 125 Å². The van der Waals surface area contributed by atoms with Gasteiger partial charge in [0.1, 0.15) is 43.0 Å². The quantitative estimate of drug-likeness (QED) is 0.00933. The number of hydrazone groups is 1. The van der Waals surface area contributed by atoms with Crippen LogP contribution in [0.1, 0.15) is 141 Å². The highest BCUT2D eigenvalue weighted by Gasteiger charge is 2.59. The molecule has 23 heteroatoms. The van der Waals surface area contributed by atoms with E-state index in [1.54, 1.807) is 36.5 Å². The minimum Gasteiger partial charge on any atom is -0.446 e. The maximum absolute atomic E-state index is 14.4. The average molecular weight is 1240 g/mol. The standard InChI is InChI=1S/C67H97N15O8/c1-41(2)14-11-15-42(3)50-23-24-51-49-22-21-45-34-47(25-27-66(45,4)52(49)26-28-67(50,51)5)90-65(89)74-31-13-30-72-58(83)38-77-78-39-59(84)79-57(35-46-37-71-40-76-46)63(88)82-56(32-43-16-7-6-8-17-43)62(87)80-54(20-12-29-73-64(69)70)61(86)81-55(60(68)85)33-44-36-75-53-19-10-9-18-48(44)53/h6-10,16-19,21,36-38,40-42,47,49-52,54-57,75,78H,11-15,20,22-35,39H2,1-5H3,(H2,68,85)(H,71,76)(H,72,83)(H,74,89)(H,79,84)(H,80,87)(H,81,86)(H,82,88)(H4,69,70,73)/b77-38+/t42-,47+,49+,50-,51+,52+,54+,55+,56-,57+,66+,67-/m1/s1. The molecule has 3 fully saturated rings. The molecule has 0 saturated heterocycles. The van der Waals surface area contributed by atoms with Crippen molar-refractivity contribution in [1.82, 2.24) is 52.3 Å². The summed E-state index contributed by atoms with van der Waals surface area (Å²) in [6.07, 6.45) is 21.4. The summed E-state index contributed by atoms with van der Waals surface area (Å²) in [6.45, 7) is 12.6. The van der Waals surface area contributed by atoms with E-state index in [9.17, 15) is 33.6 Å². The van der Waals surface area contributed by atoms with Gasteiger partial charge in [-0.3, -0.25) is 33.8 Å². The molecule has 0 bridgehead atoms. The molecule has 0 aliphatic heterocycles. The van der Waals surface area contributed by atoms with Crippen LogP contribution in [0, 0.1) is 46.3 Å². The smallest absolute Gasteiger partial charge is 0.407 e. The Morgan fingerprint density at radius 2 is 1.47 bits per heavy atom. The molecular weight excluding hydrogens is 1140 g/mol. The number of amides is 7. The number of nitrogens with one attached hydrogen (secondary N) is 9. The topological polar surface area (TPSA) is 360 Å². The van der Waals surface area contributed by atoms with Crippen molar-refractivity contribution in [2.45, 2.75) is 174 Å². The number of aromatic nitrogens is 3.